The van der Waals surface area contributed by atoms with Gasteiger partial charge in [0.25, 0.3) is 5.91 Å². The Morgan fingerprint density at radius 2 is 1.80 bits per heavy atom. The molecule has 0 aliphatic carbocycles. The summed E-state index contributed by atoms with van der Waals surface area (Å²) in [5.74, 6) is -0.657. The van der Waals surface area contributed by atoms with Gasteiger partial charge < -0.3 is 10.2 Å². The third kappa shape index (κ3) is 4.10. The third-order valence-electron chi connectivity index (χ3n) is 4.18. The first kappa shape index (κ1) is 17.3. The van der Waals surface area contributed by atoms with E-state index in [1.807, 2.05) is 6.07 Å². The van der Waals surface area contributed by atoms with Gasteiger partial charge in [-0.3, -0.25) is 9.78 Å². The van der Waals surface area contributed by atoms with E-state index in [2.05, 4.69) is 15.2 Å². The topological polar surface area (TPSA) is 45.2 Å². The van der Waals surface area contributed by atoms with Gasteiger partial charge in [-0.25, -0.2) is 0 Å². The summed E-state index contributed by atoms with van der Waals surface area (Å²) in [6.07, 6.45) is 0.330. The van der Waals surface area contributed by atoms with Gasteiger partial charge in [0.1, 0.15) is 5.69 Å². The Hall–Kier alpha value is -2.57. The Morgan fingerprint density at radius 1 is 1.08 bits per heavy atom. The summed E-state index contributed by atoms with van der Waals surface area (Å²) in [6, 6.07) is 8.33. The maximum Gasteiger partial charge on any atom is 0.418 e. The van der Waals surface area contributed by atoms with E-state index in [1.165, 1.54) is 30.8 Å². The van der Waals surface area contributed by atoms with Gasteiger partial charge >= 0.3 is 6.18 Å². The average Bonchev–Trinajstić information content (AvgIpc) is 2.62. The Balaban J connectivity index is 1.80. The number of hydrogen-bond acceptors (Lipinski definition) is 3. The molecule has 0 radical (unpaired) electrons. The zero-order valence-corrected chi connectivity index (χ0v) is 13.5. The standard InChI is InChI=1S/C18H18F3N3O/c19-18(20,21)14-6-2-3-7-15(14)23-17(25)16-12-13(8-9-22-16)24-10-4-1-5-11-24/h2-3,6-9,12H,1,4-5,10-11H2,(H,23,25). The highest BCUT2D eigenvalue weighted by atomic mass is 19.4. The number of rotatable bonds is 3. The minimum atomic E-state index is -4.53. The molecule has 7 heteroatoms. The molecule has 2 heterocycles. The van der Waals surface area contributed by atoms with Crippen LogP contribution in [0.4, 0.5) is 24.5 Å². The summed E-state index contributed by atoms with van der Waals surface area (Å²) in [7, 11) is 0. The van der Waals surface area contributed by atoms with Crippen molar-refractivity contribution in [1.29, 1.82) is 0 Å². The average molecular weight is 349 g/mol. The molecule has 0 saturated carbocycles. The second kappa shape index (κ2) is 7.13. The molecule has 1 saturated heterocycles. The van der Waals surface area contributed by atoms with E-state index in [-0.39, 0.29) is 11.4 Å². The van der Waals surface area contributed by atoms with Crippen LogP contribution in [0.15, 0.2) is 42.6 Å². The largest absolute Gasteiger partial charge is 0.418 e. The van der Waals surface area contributed by atoms with E-state index in [9.17, 15) is 18.0 Å². The lowest BCUT2D eigenvalue weighted by atomic mass is 10.1. The number of nitrogens with zero attached hydrogens (tertiary/aromatic N) is 2. The minimum Gasteiger partial charge on any atom is -0.371 e. The Bertz CT molecular complexity index is 755. The van der Waals surface area contributed by atoms with Gasteiger partial charge in [0, 0.05) is 25.0 Å². The third-order valence-corrected chi connectivity index (χ3v) is 4.18. The summed E-state index contributed by atoms with van der Waals surface area (Å²) in [6.45, 7) is 1.81. The molecule has 0 spiro atoms. The van der Waals surface area contributed by atoms with Crippen LogP contribution < -0.4 is 10.2 Å². The Labute approximate surface area is 143 Å². The SMILES string of the molecule is O=C(Nc1ccccc1C(F)(F)F)c1cc(N2CCCCC2)ccn1. The van der Waals surface area contributed by atoms with Crippen molar-refractivity contribution in [2.45, 2.75) is 25.4 Å². The molecule has 25 heavy (non-hydrogen) atoms. The lowest BCUT2D eigenvalue weighted by molar-refractivity contribution is -0.136. The first-order chi connectivity index (χ1) is 11.9. The molecule has 1 amide bonds. The second-order valence-electron chi connectivity index (χ2n) is 5.94. The highest BCUT2D eigenvalue weighted by molar-refractivity contribution is 6.03. The number of carbonyl (C=O) groups excluding carboxylic acids is 1. The van der Waals surface area contributed by atoms with Crippen LogP contribution in [0.1, 0.15) is 35.3 Å². The van der Waals surface area contributed by atoms with E-state index in [0.29, 0.717) is 0 Å². The van der Waals surface area contributed by atoms with Crippen LogP contribution in [0, 0.1) is 0 Å². The minimum absolute atomic E-state index is 0.0973. The molecule has 1 aliphatic heterocycles. The number of nitrogens with one attached hydrogen (secondary N) is 1. The van der Waals surface area contributed by atoms with Crippen molar-refractivity contribution in [3.05, 3.63) is 53.9 Å². The normalized spacial score (nSPS) is 15.1. The number of carbonyl (C=O) groups is 1. The van der Waals surface area contributed by atoms with E-state index in [4.69, 9.17) is 0 Å². The summed E-state index contributed by atoms with van der Waals surface area (Å²) in [5, 5.41) is 2.32. The molecular formula is C18H18F3N3O. The fraction of sp³-hybridized carbons (Fsp3) is 0.333. The molecular weight excluding hydrogens is 331 g/mol. The molecule has 1 fully saturated rings. The number of pyridine rings is 1. The fourth-order valence-corrected chi connectivity index (χ4v) is 2.92. The Kier molecular flexibility index (Phi) is 4.92. The van der Waals surface area contributed by atoms with E-state index < -0.39 is 17.6 Å². The molecule has 2 aromatic rings. The molecule has 4 nitrogen and oxygen atoms in total. The van der Waals surface area contributed by atoms with Gasteiger partial charge in [-0.05, 0) is 43.5 Å². The van der Waals surface area contributed by atoms with Crippen molar-refractivity contribution in [2.75, 3.05) is 23.3 Å². The number of amides is 1. The van der Waals surface area contributed by atoms with Gasteiger partial charge in [-0.15, -0.1) is 0 Å². The van der Waals surface area contributed by atoms with Gasteiger partial charge in [0.05, 0.1) is 11.3 Å². The molecule has 1 aromatic heterocycles. The molecule has 1 aromatic carbocycles. The molecule has 3 rings (SSSR count). The van der Waals surface area contributed by atoms with E-state index >= 15 is 0 Å². The number of aromatic nitrogens is 1. The van der Waals surface area contributed by atoms with Gasteiger partial charge in [0.2, 0.25) is 0 Å². The van der Waals surface area contributed by atoms with Crippen LogP contribution in [0.3, 0.4) is 0 Å². The highest BCUT2D eigenvalue weighted by Crippen LogP contribution is 2.34. The lowest BCUT2D eigenvalue weighted by Crippen LogP contribution is -2.29. The highest BCUT2D eigenvalue weighted by Gasteiger charge is 2.33. The quantitative estimate of drug-likeness (QED) is 0.896. The number of para-hydroxylation sites is 1. The zero-order valence-electron chi connectivity index (χ0n) is 13.5. The molecule has 132 valence electrons. The van der Waals surface area contributed by atoms with Crippen molar-refractivity contribution in [2.24, 2.45) is 0 Å². The van der Waals surface area contributed by atoms with E-state index in [1.54, 1.807) is 6.07 Å². The van der Waals surface area contributed by atoms with Gasteiger partial charge in [-0.1, -0.05) is 12.1 Å². The maximum absolute atomic E-state index is 13.0. The summed E-state index contributed by atoms with van der Waals surface area (Å²) >= 11 is 0. The number of hydrogen-bond donors (Lipinski definition) is 1. The maximum atomic E-state index is 13.0. The van der Waals surface area contributed by atoms with Crippen LogP contribution in [0.25, 0.3) is 0 Å². The Morgan fingerprint density at radius 3 is 2.52 bits per heavy atom. The summed E-state index contributed by atoms with van der Waals surface area (Å²) in [5.41, 5.74) is -0.190. The number of anilines is 2. The van der Waals surface area contributed by atoms with Crippen LogP contribution in [0.5, 0.6) is 0 Å². The van der Waals surface area contributed by atoms with Crippen LogP contribution in [0.2, 0.25) is 0 Å². The monoisotopic (exact) mass is 349 g/mol. The number of alkyl halides is 3. The van der Waals surface area contributed by atoms with Crippen molar-refractivity contribution < 1.29 is 18.0 Å². The van der Waals surface area contributed by atoms with Gasteiger partial charge in [-0.2, -0.15) is 13.2 Å². The molecule has 0 unspecified atom stereocenters. The molecule has 0 atom stereocenters. The van der Waals surface area contributed by atoms with Crippen LogP contribution >= 0.6 is 0 Å². The second-order valence-corrected chi connectivity index (χ2v) is 5.94. The number of halogens is 3. The van der Waals surface area contributed by atoms with Gasteiger partial charge in [0.15, 0.2) is 0 Å². The molecule has 1 N–H and O–H groups in total. The first-order valence-corrected chi connectivity index (χ1v) is 8.14. The summed E-state index contributed by atoms with van der Waals surface area (Å²) in [4.78, 5) is 18.5. The summed E-state index contributed by atoms with van der Waals surface area (Å²) < 4.78 is 39.1. The van der Waals surface area contributed by atoms with Crippen LogP contribution in [-0.2, 0) is 6.18 Å². The number of benzene rings is 1. The van der Waals surface area contributed by atoms with Crippen molar-refractivity contribution in [1.82, 2.24) is 4.98 Å². The smallest absolute Gasteiger partial charge is 0.371 e. The lowest BCUT2D eigenvalue weighted by Gasteiger charge is -2.28. The van der Waals surface area contributed by atoms with E-state index in [0.717, 1.165) is 37.7 Å². The fourth-order valence-electron chi connectivity index (χ4n) is 2.92. The molecule has 1 aliphatic rings. The predicted molar refractivity (Wildman–Crippen MR) is 89.7 cm³/mol. The predicted octanol–water partition coefficient (Wildman–Crippen LogP) is 4.34. The van der Waals surface area contributed by atoms with Crippen molar-refractivity contribution in [3.8, 4) is 0 Å². The molecule has 0 bridgehead atoms. The first-order valence-electron chi connectivity index (χ1n) is 8.14. The zero-order chi connectivity index (χ0) is 17.9. The number of piperidine rings is 1. The van der Waals surface area contributed by atoms with Crippen molar-refractivity contribution in [3.63, 3.8) is 0 Å². The van der Waals surface area contributed by atoms with Crippen molar-refractivity contribution >= 4 is 17.3 Å². The van der Waals surface area contributed by atoms with Crippen LogP contribution in [-0.4, -0.2) is 24.0 Å².